The zero-order chi connectivity index (χ0) is 18.7. The van der Waals surface area contributed by atoms with Crippen LogP contribution in [0.4, 0.5) is 11.6 Å². The van der Waals surface area contributed by atoms with E-state index in [9.17, 15) is 0 Å². The van der Waals surface area contributed by atoms with E-state index in [1.807, 2.05) is 19.3 Å². The van der Waals surface area contributed by atoms with Gasteiger partial charge in [-0.1, -0.05) is 27.7 Å². The van der Waals surface area contributed by atoms with Crippen LogP contribution in [0.3, 0.4) is 0 Å². The predicted octanol–water partition coefficient (Wildman–Crippen LogP) is 3.82. The first-order chi connectivity index (χ1) is 12.2. The minimum absolute atomic E-state index is 0.183. The smallest absolute Gasteiger partial charge is 0.221 e. The Kier molecular flexibility index (Phi) is 3.69. The van der Waals surface area contributed by atoms with Crippen molar-refractivity contribution in [2.24, 2.45) is 5.10 Å². The molecule has 0 aliphatic carbocycles. The van der Waals surface area contributed by atoms with Crippen LogP contribution in [0.25, 0.3) is 0 Å². The van der Waals surface area contributed by atoms with E-state index in [2.05, 4.69) is 54.8 Å². The van der Waals surface area contributed by atoms with Crippen LogP contribution in [0.15, 0.2) is 23.4 Å². The Balaban J connectivity index is 1.84. The number of benzene rings is 1. The highest BCUT2D eigenvalue weighted by atomic mass is 15.4. The summed E-state index contributed by atoms with van der Waals surface area (Å²) >= 11 is 0. The molecule has 0 fully saturated rings. The molecule has 5 heteroatoms. The lowest BCUT2D eigenvalue weighted by molar-refractivity contribution is 0.401. The largest absolute Gasteiger partial charge is 0.371 e. The Hall–Kier alpha value is -2.30. The molecular weight excluding hydrogens is 322 g/mol. The van der Waals surface area contributed by atoms with Gasteiger partial charge in [-0.05, 0) is 59.4 Å². The SMILES string of the molecule is Cc1cn(N=Cc2cc3c4c(c2)C(C)(C)CCN4CCC3(C)C)c(N)n1. The molecule has 2 aliphatic rings. The number of aromatic nitrogens is 2. The number of rotatable bonds is 2. The number of aryl methyl sites for hydroxylation is 1. The van der Waals surface area contributed by atoms with Gasteiger partial charge in [-0.25, -0.2) is 9.66 Å². The van der Waals surface area contributed by atoms with Gasteiger partial charge in [-0.3, -0.25) is 0 Å². The first kappa shape index (κ1) is 17.1. The van der Waals surface area contributed by atoms with Gasteiger partial charge in [0.05, 0.1) is 18.1 Å². The second kappa shape index (κ2) is 5.60. The fraction of sp³-hybridized carbons (Fsp3) is 0.524. The Morgan fingerprint density at radius 1 is 1.08 bits per heavy atom. The van der Waals surface area contributed by atoms with Crippen LogP contribution in [0.2, 0.25) is 0 Å². The lowest BCUT2D eigenvalue weighted by atomic mass is 9.69. The fourth-order valence-corrected chi connectivity index (χ4v) is 4.26. The summed E-state index contributed by atoms with van der Waals surface area (Å²) in [7, 11) is 0. The van der Waals surface area contributed by atoms with E-state index in [1.54, 1.807) is 4.68 Å². The molecule has 26 heavy (non-hydrogen) atoms. The third kappa shape index (κ3) is 2.70. The summed E-state index contributed by atoms with van der Waals surface area (Å²) in [6.07, 6.45) is 6.14. The van der Waals surface area contributed by atoms with Gasteiger partial charge in [0.1, 0.15) is 0 Å². The van der Waals surface area contributed by atoms with Gasteiger partial charge in [0.15, 0.2) is 0 Å². The first-order valence-electron chi connectivity index (χ1n) is 9.47. The van der Waals surface area contributed by atoms with Crippen LogP contribution in [0, 0.1) is 6.92 Å². The summed E-state index contributed by atoms with van der Waals surface area (Å²) in [4.78, 5) is 6.80. The molecule has 0 saturated heterocycles. The molecule has 5 nitrogen and oxygen atoms in total. The molecule has 2 aromatic rings. The molecule has 0 atom stereocenters. The van der Waals surface area contributed by atoms with Crippen molar-refractivity contribution in [1.82, 2.24) is 9.66 Å². The molecule has 3 heterocycles. The molecule has 0 bridgehead atoms. The van der Waals surface area contributed by atoms with Gasteiger partial charge in [0, 0.05) is 18.8 Å². The van der Waals surface area contributed by atoms with Crippen LogP contribution < -0.4 is 10.6 Å². The van der Waals surface area contributed by atoms with Gasteiger partial charge in [-0.2, -0.15) is 5.10 Å². The minimum atomic E-state index is 0.183. The Labute approximate surface area is 155 Å². The maximum absolute atomic E-state index is 5.92. The standard InChI is InChI=1S/C21H29N5/c1-14-13-26(19(22)24-14)23-12-15-10-16-18-17(11-15)21(4,5)7-9-25(18)8-6-20(16,2)3/h10-13H,6-9H2,1-5H3,(H2,22,24). The summed E-state index contributed by atoms with van der Waals surface area (Å²) in [6, 6.07) is 4.63. The highest BCUT2D eigenvalue weighted by Crippen LogP contribution is 2.49. The summed E-state index contributed by atoms with van der Waals surface area (Å²) < 4.78 is 1.64. The van der Waals surface area contributed by atoms with Crippen LogP contribution in [-0.4, -0.2) is 29.0 Å². The van der Waals surface area contributed by atoms with Gasteiger partial charge in [0.25, 0.3) is 0 Å². The molecule has 1 aromatic heterocycles. The van der Waals surface area contributed by atoms with Gasteiger partial charge in [0.2, 0.25) is 5.95 Å². The average molecular weight is 351 g/mol. The first-order valence-corrected chi connectivity index (χ1v) is 9.47. The highest BCUT2D eigenvalue weighted by Gasteiger charge is 2.39. The van der Waals surface area contributed by atoms with Crippen molar-refractivity contribution in [2.75, 3.05) is 23.7 Å². The predicted molar refractivity (Wildman–Crippen MR) is 108 cm³/mol. The molecule has 0 saturated carbocycles. The zero-order valence-electron chi connectivity index (χ0n) is 16.5. The summed E-state index contributed by atoms with van der Waals surface area (Å²) in [5.41, 5.74) is 12.7. The van der Waals surface area contributed by atoms with E-state index in [0.29, 0.717) is 5.95 Å². The Bertz CT molecular complexity index is 847. The monoisotopic (exact) mass is 351 g/mol. The second-order valence-corrected chi connectivity index (χ2v) is 9.05. The van der Waals surface area contributed by atoms with Gasteiger partial charge >= 0.3 is 0 Å². The lowest BCUT2D eigenvalue weighted by Gasteiger charge is -2.48. The molecule has 0 amide bonds. The van der Waals surface area contributed by atoms with Crippen molar-refractivity contribution in [1.29, 1.82) is 0 Å². The highest BCUT2D eigenvalue weighted by molar-refractivity contribution is 5.84. The third-order valence-corrected chi connectivity index (χ3v) is 6.09. The fourth-order valence-electron chi connectivity index (χ4n) is 4.26. The molecule has 2 aliphatic heterocycles. The van der Waals surface area contributed by atoms with Crippen LogP contribution >= 0.6 is 0 Å². The molecule has 4 rings (SSSR count). The molecule has 2 N–H and O–H groups in total. The Morgan fingerprint density at radius 3 is 2.15 bits per heavy atom. The molecule has 1 aromatic carbocycles. The van der Waals surface area contributed by atoms with Crippen molar-refractivity contribution < 1.29 is 0 Å². The number of nitrogens with two attached hydrogens (primary N) is 1. The van der Waals surface area contributed by atoms with Crippen LogP contribution in [-0.2, 0) is 10.8 Å². The van der Waals surface area contributed by atoms with Crippen LogP contribution in [0.5, 0.6) is 0 Å². The third-order valence-electron chi connectivity index (χ3n) is 6.09. The van der Waals surface area contributed by atoms with Gasteiger partial charge in [-0.15, -0.1) is 0 Å². The number of nitrogen functional groups attached to an aromatic ring is 1. The molecular formula is C21H29N5. The molecule has 0 unspecified atom stereocenters. The van der Waals surface area contributed by atoms with E-state index in [1.165, 1.54) is 29.7 Å². The lowest BCUT2D eigenvalue weighted by Crippen LogP contribution is -2.44. The van der Waals surface area contributed by atoms with Crippen molar-refractivity contribution >= 4 is 17.9 Å². The van der Waals surface area contributed by atoms with E-state index in [4.69, 9.17) is 5.73 Å². The number of hydrogen-bond acceptors (Lipinski definition) is 4. The maximum Gasteiger partial charge on any atom is 0.221 e. The van der Waals surface area contributed by atoms with E-state index < -0.39 is 0 Å². The number of imidazole rings is 1. The molecule has 0 spiro atoms. The van der Waals surface area contributed by atoms with Crippen LogP contribution in [0.1, 0.15) is 62.9 Å². The quantitative estimate of drug-likeness (QED) is 0.837. The van der Waals surface area contributed by atoms with Crippen molar-refractivity contribution in [2.45, 2.75) is 58.3 Å². The minimum Gasteiger partial charge on any atom is -0.371 e. The summed E-state index contributed by atoms with van der Waals surface area (Å²) in [6.45, 7) is 13.7. The van der Waals surface area contributed by atoms with E-state index >= 15 is 0 Å². The topological polar surface area (TPSA) is 59.4 Å². The van der Waals surface area contributed by atoms with E-state index in [0.717, 1.165) is 24.3 Å². The Morgan fingerprint density at radius 2 is 1.65 bits per heavy atom. The van der Waals surface area contributed by atoms with Crippen molar-refractivity contribution in [3.05, 3.63) is 40.7 Å². The van der Waals surface area contributed by atoms with Gasteiger partial charge < -0.3 is 10.6 Å². The van der Waals surface area contributed by atoms with E-state index in [-0.39, 0.29) is 10.8 Å². The number of anilines is 2. The normalized spacial score (nSPS) is 20.4. The maximum atomic E-state index is 5.92. The summed E-state index contributed by atoms with van der Waals surface area (Å²) in [5.74, 6) is 0.421. The average Bonchev–Trinajstić information content (AvgIpc) is 2.89. The number of nitrogens with zero attached hydrogens (tertiary/aromatic N) is 4. The van der Waals surface area contributed by atoms with Crippen molar-refractivity contribution in [3.63, 3.8) is 0 Å². The molecule has 138 valence electrons. The zero-order valence-corrected chi connectivity index (χ0v) is 16.5. The van der Waals surface area contributed by atoms with Crippen molar-refractivity contribution in [3.8, 4) is 0 Å². The second-order valence-electron chi connectivity index (χ2n) is 9.05. The summed E-state index contributed by atoms with van der Waals surface area (Å²) in [5, 5.41) is 4.54. The molecule has 0 radical (unpaired) electrons. The number of hydrogen-bond donors (Lipinski definition) is 1.